The molecule has 0 radical (unpaired) electrons. The van der Waals surface area contributed by atoms with E-state index in [4.69, 9.17) is 4.74 Å². The molecular weight excluding hydrogens is 360 g/mol. The molecule has 11 heteroatoms. The average molecular weight is 384 g/mol. The topological polar surface area (TPSA) is 118 Å². The number of carbonyl (C=O) groups excluding carboxylic acids is 1. The first-order valence-corrected chi connectivity index (χ1v) is 9.56. The van der Waals surface area contributed by atoms with Gasteiger partial charge in [0.15, 0.2) is 0 Å². The van der Waals surface area contributed by atoms with Crippen LogP contribution in [-0.2, 0) is 21.3 Å². The summed E-state index contributed by atoms with van der Waals surface area (Å²) in [6, 6.07) is 4.42. The van der Waals surface area contributed by atoms with Gasteiger partial charge >= 0.3 is 6.03 Å². The van der Waals surface area contributed by atoms with E-state index in [1.165, 1.54) is 26.2 Å². The van der Waals surface area contributed by atoms with Crippen LogP contribution in [0.4, 0.5) is 4.79 Å². The molecule has 2 rings (SSSR count). The number of fused-ring (bicyclic) bond motifs is 1. The third kappa shape index (κ3) is 4.90. The van der Waals surface area contributed by atoms with Crippen molar-refractivity contribution >= 4 is 27.1 Å². The van der Waals surface area contributed by atoms with Gasteiger partial charge in [-0.25, -0.2) is 22.2 Å². The number of hydrogen-bond donors (Lipinski definition) is 2. The number of benzene rings is 1. The minimum atomic E-state index is -3.52. The summed E-state index contributed by atoms with van der Waals surface area (Å²) in [6.45, 7) is 1.92. The maximum Gasteiger partial charge on any atom is 0.314 e. The molecule has 1 heterocycles. The fourth-order valence-corrected chi connectivity index (χ4v) is 3.17. The Morgan fingerprint density at radius 3 is 2.69 bits per heavy atom. The second-order valence-electron chi connectivity index (χ2n) is 5.78. The van der Waals surface area contributed by atoms with Crippen molar-refractivity contribution < 1.29 is 17.9 Å². The van der Waals surface area contributed by atoms with Crippen LogP contribution in [0.15, 0.2) is 23.1 Å². The number of amides is 2. The summed E-state index contributed by atoms with van der Waals surface area (Å²) in [5.41, 5.74) is 1.18. The van der Waals surface area contributed by atoms with E-state index in [1.54, 1.807) is 17.9 Å². The van der Waals surface area contributed by atoms with Crippen LogP contribution in [-0.4, -0.2) is 74.6 Å². The number of aromatic nitrogens is 3. The minimum Gasteiger partial charge on any atom is -0.385 e. The van der Waals surface area contributed by atoms with Gasteiger partial charge in [-0.3, -0.25) is 0 Å². The molecule has 26 heavy (non-hydrogen) atoms. The number of nitrogens with zero attached hydrogens (tertiary/aromatic N) is 4. The molecular formula is C15H24N6O4S. The number of ether oxygens (including phenoxy) is 1. The molecule has 0 spiro atoms. The van der Waals surface area contributed by atoms with Crippen LogP contribution >= 0.6 is 0 Å². The maximum atomic E-state index is 12.2. The SMILES string of the molecule is COCCCNC(=O)NCCn1nnc2cc(S(=O)(=O)N(C)C)ccc21. The molecule has 144 valence electrons. The average Bonchev–Trinajstić information content (AvgIpc) is 3.01. The lowest BCUT2D eigenvalue weighted by Crippen LogP contribution is -2.38. The van der Waals surface area contributed by atoms with E-state index in [1.807, 2.05) is 0 Å². The molecule has 0 saturated heterocycles. The van der Waals surface area contributed by atoms with Crippen LogP contribution in [0.3, 0.4) is 0 Å². The van der Waals surface area contributed by atoms with Crippen molar-refractivity contribution in [2.45, 2.75) is 17.9 Å². The van der Waals surface area contributed by atoms with Crippen molar-refractivity contribution in [2.75, 3.05) is 40.9 Å². The van der Waals surface area contributed by atoms with Crippen LogP contribution < -0.4 is 10.6 Å². The van der Waals surface area contributed by atoms with Crippen molar-refractivity contribution in [3.05, 3.63) is 18.2 Å². The highest BCUT2D eigenvalue weighted by Gasteiger charge is 2.18. The first-order valence-electron chi connectivity index (χ1n) is 8.12. The summed E-state index contributed by atoms with van der Waals surface area (Å²) in [5.74, 6) is 0. The van der Waals surface area contributed by atoms with Crippen LogP contribution in [0, 0.1) is 0 Å². The number of carbonyl (C=O) groups is 1. The van der Waals surface area contributed by atoms with Gasteiger partial charge in [-0.15, -0.1) is 5.10 Å². The Hall–Kier alpha value is -2.24. The molecule has 0 atom stereocenters. The Bertz CT molecular complexity index is 849. The Morgan fingerprint density at radius 1 is 1.27 bits per heavy atom. The van der Waals surface area contributed by atoms with Gasteiger partial charge in [0.2, 0.25) is 10.0 Å². The molecule has 0 aliphatic rings. The maximum absolute atomic E-state index is 12.2. The largest absolute Gasteiger partial charge is 0.385 e. The highest BCUT2D eigenvalue weighted by atomic mass is 32.2. The normalized spacial score (nSPS) is 11.8. The number of sulfonamides is 1. The molecule has 0 saturated carbocycles. The molecule has 0 aliphatic heterocycles. The predicted octanol–water partition coefficient (Wildman–Crippen LogP) is 0.0173. The van der Waals surface area contributed by atoms with Crippen molar-refractivity contribution in [1.82, 2.24) is 29.9 Å². The first-order chi connectivity index (χ1) is 12.4. The Kier molecular flexibility index (Phi) is 6.89. The van der Waals surface area contributed by atoms with Crippen LogP contribution in [0.5, 0.6) is 0 Å². The molecule has 1 aromatic carbocycles. The summed E-state index contributed by atoms with van der Waals surface area (Å²) >= 11 is 0. The lowest BCUT2D eigenvalue weighted by Gasteiger charge is -2.11. The van der Waals surface area contributed by atoms with Gasteiger partial charge in [0.25, 0.3) is 0 Å². The van der Waals surface area contributed by atoms with E-state index < -0.39 is 10.0 Å². The molecule has 0 fully saturated rings. The Balaban J connectivity index is 1.94. The summed E-state index contributed by atoms with van der Waals surface area (Å²) < 4.78 is 32.0. The van der Waals surface area contributed by atoms with E-state index in [-0.39, 0.29) is 10.9 Å². The summed E-state index contributed by atoms with van der Waals surface area (Å²) in [5, 5.41) is 13.5. The van der Waals surface area contributed by atoms with Crippen molar-refractivity contribution in [3.8, 4) is 0 Å². The highest BCUT2D eigenvalue weighted by Crippen LogP contribution is 2.19. The van der Waals surface area contributed by atoms with E-state index in [2.05, 4.69) is 20.9 Å². The molecule has 1 aromatic heterocycles. The van der Waals surface area contributed by atoms with Gasteiger partial charge in [-0.2, -0.15) is 0 Å². The van der Waals surface area contributed by atoms with Gasteiger partial charge in [0.1, 0.15) is 5.52 Å². The lowest BCUT2D eigenvalue weighted by atomic mass is 10.3. The fraction of sp³-hybridized carbons (Fsp3) is 0.533. The number of methoxy groups -OCH3 is 1. The molecule has 0 aliphatic carbocycles. The van der Waals surface area contributed by atoms with E-state index in [9.17, 15) is 13.2 Å². The van der Waals surface area contributed by atoms with Crippen LogP contribution in [0.25, 0.3) is 11.0 Å². The number of urea groups is 1. The van der Waals surface area contributed by atoms with Gasteiger partial charge in [0, 0.05) is 40.9 Å². The second kappa shape index (κ2) is 8.92. The molecule has 0 unspecified atom stereocenters. The smallest absolute Gasteiger partial charge is 0.314 e. The Morgan fingerprint density at radius 2 is 2.00 bits per heavy atom. The minimum absolute atomic E-state index is 0.163. The van der Waals surface area contributed by atoms with Gasteiger partial charge in [-0.1, -0.05) is 5.21 Å². The van der Waals surface area contributed by atoms with E-state index in [0.29, 0.717) is 37.3 Å². The number of hydrogen-bond acceptors (Lipinski definition) is 6. The third-order valence-corrected chi connectivity index (χ3v) is 5.50. The van der Waals surface area contributed by atoms with Gasteiger partial charge < -0.3 is 15.4 Å². The van der Waals surface area contributed by atoms with E-state index in [0.717, 1.165) is 10.7 Å². The zero-order valence-electron chi connectivity index (χ0n) is 15.1. The van der Waals surface area contributed by atoms with Crippen LogP contribution in [0.2, 0.25) is 0 Å². The standard InChI is InChI=1S/C15H24N6O4S/c1-20(2)26(23,24)12-5-6-14-13(11-12)18-19-21(14)9-8-17-15(22)16-7-4-10-25-3/h5-6,11H,4,7-10H2,1-3H3,(H2,16,17,22). The second-order valence-corrected chi connectivity index (χ2v) is 7.93. The molecule has 2 amide bonds. The van der Waals surface area contributed by atoms with E-state index >= 15 is 0 Å². The lowest BCUT2D eigenvalue weighted by molar-refractivity contribution is 0.193. The molecule has 2 N–H and O–H groups in total. The first kappa shape index (κ1) is 20.1. The molecule has 0 bridgehead atoms. The number of rotatable bonds is 9. The van der Waals surface area contributed by atoms with Crippen molar-refractivity contribution in [1.29, 1.82) is 0 Å². The zero-order valence-corrected chi connectivity index (χ0v) is 15.9. The third-order valence-electron chi connectivity index (χ3n) is 3.68. The summed E-state index contributed by atoms with van der Waals surface area (Å²) in [6.07, 6.45) is 0.746. The molecule has 2 aromatic rings. The molecule has 10 nitrogen and oxygen atoms in total. The summed E-state index contributed by atoms with van der Waals surface area (Å²) in [4.78, 5) is 11.8. The van der Waals surface area contributed by atoms with Gasteiger partial charge in [0.05, 0.1) is 17.0 Å². The zero-order chi connectivity index (χ0) is 19.2. The Labute approximate surface area is 152 Å². The fourth-order valence-electron chi connectivity index (χ4n) is 2.24. The highest BCUT2D eigenvalue weighted by molar-refractivity contribution is 7.89. The summed E-state index contributed by atoms with van der Waals surface area (Å²) in [7, 11) is 1.04. The van der Waals surface area contributed by atoms with Crippen molar-refractivity contribution in [2.24, 2.45) is 0 Å². The predicted molar refractivity (Wildman–Crippen MR) is 96.3 cm³/mol. The van der Waals surface area contributed by atoms with Gasteiger partial charge in [-0.05, 0) is 24.6 Å². The van der Waals surface area contributed by atoms with Crippen LogP contribution in [0.1, 0.15) is 6.42 Å². The quantitative estimate of drug-likeness (QED) is 0.588. The monoisotopic (exact) mass is 384 g/mol. The van der Waals surface area contributed by atoms with Crippen molar-refractivity contribution in [3.63, 3.8) is 0 Å². The number of nitrogens with one attached hydrogen (secondary N) is 2.